The van der Waals surface area contributed by atoms with Crippen molar-refractivity contribution in [2.45, 2.75) is 51.7 Å². The van der Waals surface area contributed by atoms with Crippen LogP contribution in [0, 0.1) is 0 Å². The van der Waals surface area contributed by atoms with E-state index in [4.69, 9.17) is 0 Å². The minimum atomic E-state index is -0.383. The summed E-state index contributed by atoms with van der Waals surface area (Å²) >= 11 is 0. The van der Waals surface area contributed by atoms with Crippen LogP contribution in [-0.4, -0.2) is 28.1 Å². The quantitative estimate of drug-likeness (QED) is 0.733. The topological polar surface area (TPSA) is 65.1 Å². The number of carbonyl (C=O) groups excluding carboxylic acids is 1. The minimum absolute atomic E-state index is 0.0191. The fraction of sp³-hybridized carbons (Fsp3) is 0.471. The van der Waals surface area contributed by atoms with Gasteiger partial charge in [0.15, 0.2) is 0 Å². The summed E-state index contributed by atoms with van der Waals surface area (Å²) in [5.74, 6) is 0.0583. The molecule has 2 unspecified atom stereocenters. The van der Waals surface area contributed by atoms with Gasteiger partial charge in [-0.3, -0.25) is 4.79 Å². The summed E-state index contributed by atoms with van der Waals surface area (Å²) in [6.45, 7) is 3.66. The molecule has 0 radical (unpaired) electrons. The number of aromatic amines is 1. The monoisotopic (exact) mass is 288 g/mol. The summed E-state index contributed by atoms with van der Waals surface area (Å²) in [4.78, 5) is 15.1. The van der Waals surface area contributed by atoms with Gasteiger partial charge in [0.1, 0.15) is 0 Å². The third kappa shape index (κ3) is 4.60. The van der Waals surface area contributed by atoms with Gasteiger partial charge in [-0.05, 0) is 44.7 Å². The van der Waals surface area contributed by atoms with E-state index in [-0.39, 0.29) is 18.1 Å². The standard InChI is InChI=1S/C17H24N2O2/c1-12(10-13(2)20)19-17(21)9-5-6-14-11-18-16-8-4-3-7-15(14)16/h3-4,7-8,11-13,18,20H,5-6,9-10H2,1-2H3,(H,19,21). The summed E-state index contributed by atoms with van der Waals surface area (Å²) in [5, 5.41) is 13.4. The van der Waals surface area contributed by atoms with E-state index in [2.05, 4.69) is 22.4 Å². The predicted octanol–water partition coefficient (Wildman–Crippen LogP) is 2.77. The Labute approximate surface area is 125 Å². The molecule has 0 saturated carbocycles. The van der Waals surface area contributed by atoms with Gasteiger partial charge in [-0.15, -0.1) is 0 Å². The van der Waals surface area contributed by atoms with Crippen molar-refractivity contribution in [2.75, 3.05) is 0 Å². The van der Waals surface area contributed by atoms with Crippen molar-refractivity contribution >= 4 is 16.8 Å². The molecule has 2 atom stereocenters. The van der Waals surface area contributed by atoms with E-state index in [0.717, 1.165) is 18.4 Å². The average Bonchev–Trinajstić information content (AvgIpc) is 2.81. The van der Waals surface area contributed by atoms with E-state index >= 15 is 0 Å². The Morgan fingerprint density at radius 2 is 2.10 bits per heavy atom. The molecule has 1 heterocycles. The van der Waals surface area contributed by atoms with E-state index in [1.54, 1.807) is 6.92 Å². The Hall–Kier alpha value is -1.81. The summed E-state index contributed by atoms with van der Waals surface area (Å²) in [7, 11) is 0. The predicted molar refractivity (Wildman–Crippen MR) is 85.1 cm³/mol. The fourth-order valence-corrected chi connectivity index (χ4v) is 2.70. The maximum atomic E-state index is 11.8. The van der Waals surface area contributed by atoms with E-state index < -0.39 is 0 Å². The number of aliphatic hydroxyl groups excluding tert-OH is 1. The van der Waals surface area contributed by atoms with Crippen LogP contribution in [-0.2, 0) is 11.2 Å². The number of para-hydroxylation sites is 1. The Bertz CT molecular complexity index is 589. The summed E-state index contributed by atoms with van der Waals surface area (Å²) in [6, 6.07) is 8.23. The molecular formula is C17H24N2O2. The van der Waals surface area contributed by atoms with Gasteiger partial charge in [0.2, 0.25) is 5.91 Å². The maximum Gasteiger partial charge on any atom is 0.220 e. The third-order valence-corrected chi connectivity index (χ3v) is 3.63. The third-order valence-electron chi connectivity index (χ3n) is 3.63. The first kappa shape index (κ1) is 15.6. The highest BCUT2D eigenvalue weighted by atomic mass is 16.3. The van der Waals surface area contributed by atoms with Crippen LogP contribution in [0.2, 0.25) is 0 Å². The lowest BCUT2D eigenvalue weighted by Crippen LogP contribution is -2.34. The molecule has 114 valence electrons. The van der Waals surface area contributed by atoms with Crippen LogP contribution in [0.5, 0.6) is 0 Å². The van der Waals surface area contributed by atoms with Gasteiger partial charge in [0.05, 0.1) is 6.10 Å². The Morgan fingerprint density at radius 3 is 2.86 bits per heavy atom. The molecule has 1 amide bonds. The number of aryl methyl sites for hydroxylation is 1. The van der Waals surface area contributed by atoms with Gasteiger partial charge in [0.25, 0.3) is 0 Å². The van der Waals surface area contributed by atoms with Gasteiger partial charge >= 0.3 is 0 Å². The van der Waals surface area contributed by atoms with Crippen molar-refractivity contribution < 1.29 is 9.90 Å². The van der Waals surface area contributed by atoms with Crippen molar-refractivity contribution in [3.8, 4) is 0 Å². The number of carbonyl (C=O) groups is 1. The number of rotatable bonds is 7. The fourth-order valence-electron chi connectivity index (χ4n) is 2.70. The average molecular weight is 288 g/mol. The molecule has 0 fully saturated rings. The SMILES string of the molecule is CC(O)CC(C)NC(=O)CCCc1c[nH]c2ccccc12. The molecule has 2 rings (SSSR count). The van der Waals surface area contributed by atoms with E-state index in [0.29, 0.717) is 12.8 Å². The molecule has 0 aliphatic carbocycles. The number of nitrogens with one attached hydrogen (secondary N) is 2. The second-order valence-electron chi connectivity index (χ2n) is 5.77. The first-order chi connectivity index (χ1) is 10.1. The van der Waals surface area contributed by atoms with Crippen LogP contribution in [0.25, 0.3) is 10.9 Å². The van der Waals surface area contributed by atoms with Crippen LogP contribution in [0.3, 0.4) is 0 Å². The van der Waals surface area contributed by atoms with Gasteiger partial charge in [0, 0.05) is 29.6 Å². The zero-order chi connectivity index (χ0) is 15.2. The second kappa shape index (κ2) is 7.27. The molecule has 1 aromatic heterocycles. The van der Waals surface area contributed by atoms with Crippen LogP contribution in [0.15, 0.2) is 30.5 Å². The number of amides is 1. The van der Waals surface area contributed by atoms with Crippen molar-refractivity contribution in [1.29, 1.82) is 0 Å². The highest BCUT2D eigenvalue weighted by molar-refractivity contribution is 5.83. The van der Waals surface area contributed by atoms with E-state index in [1.807, 2.05) is 25.3 Å². The zero-order valence-electron chi connectivity index (χ0n) is 12.7. The lowest BCUT2D eigenvalue weighted by atomic mass is 10.1. The largest absolute Gasteiger partial charge is 0.393 e. The maximum absolute atomic E-state index is 11.8. The van der Waals surface area contributed by atoms with Gasteiger partial charge in [-0.1, -0.05) is 18.2 Å². The highest BCUT2D eigenvalue weighted by Crippen LogP contribution is 2.19. The van der Waals surface area contributed by atoms with Crippen LogP contribution in [0.1, 0.15) is 38.7 Å². The lowest BCUT2D eigenvalue weighted by Gasteiger charge is -2.15. The molecule has 4 heteroatoms. The van der Waals surface area contributed by atoms with Gasteiger partial charge in [-0.2, -0.15) is 0 Å². The molecule has 0 saturated heterocycles. The van der Waals surface area contributed by atoms with Crippen LogP contribution < -0.4 is 5.32 Å². The summed E-state index contributed by atoms with van der Waals surface area (Å²) in [5.41, 5.74) is 2.40. The molecule has 0 aliphatic heterocycles. The molecule has 0 aliphatic rings. The molecular weight excluding hydrogens is 264 g/mol. The number of hydrogen-bond acceptors (Lipinski definition) is 2. The Balaban J connectivity index is 1.78. The number of fused-ring (bicyclic) bond motifs is 1. The van der Waals surface area contributed by atoms with Crippen molar-refractivity contribution in [1.82, 2.24) is 10.3 Å². The molecule has 2 aromatic rings. The lowest BCUT2D eigenvalue weighted by molar-refractivity contribution is -0.121. The normalized spacial score (nSPS) is 14.0. The molecule has 1 aromatic carbocycles. The second-order valence-corrected chi connectivity index (χ2v) is 5.77. The number of H-pyrrole nitrogens is 1. The number of aliphatic hydroxyl groups is 1. The first-order valence-corrected chi connectivity index (χ1v) is 7.58. The van der Waals surface area contributed by atoms with Crippen molar-refractivity contribution in [3.05, 3.63) is 36.0 Å². The minimum Gasteiger partial charge on any atom is -0.393 e. The van der Waals surface area contributed by atoms with Crippen LogP contribution >= 0.6 is 0 Å². The van der Waals surface area contributed by atoms with E-state index in [9.17, 15) is 9.90 Å². The molecule has 3 N–H and O–H groups in total. The highest BCUT2D eigenvalue weighted by Gasteiger charge is 2.10. The number of aromatic nitrogens is 1. The zero-order valence-corrected chi connectivity index (χ0v) is 12.7. The van der Waals surface area contributed by atoms with Crippen molar-refractivity contribution in [2.24, 2.45) is 0 Å². The number of hydrogen-bond donors (Lipinski definition) is 3. The first-order valence-electron chi connectivity index (χ1n) is 7.58. The molecule has 0 bridgehead atoms. The summed E-state index contributed by atoms with van der Waals surface area (Å²) in [6.07, 6.45) is 4.47. The van der Waals surface area contributed by atoms with Gasteiger partial charge in [-0.25, -0.2) is 0 Å². The Morgan fingerprint density at radius 1 is 1.33 bits per heavy atom. The summed E-state index contributed by atoms with van der Waals surface area (Å²) < 4.78 is 0. The molecule has 21 heavy (non-hydrogen) atoms. The van der Waals surface area contributed by atoms with E-state index in [1.165, 1.54) is 10.9 Å². The number of benzene rings is 1. The Kier molecular flexibility index (Phi) is 5.39. The molecule has 4 nitrogen and oxygen atoms in total. The van der Waals surface area contributed by atoms with Crippen molar-refractivity contribution in [3.63, 3.8) is 0 Å². The smallest absolute Gasteiger partial charge is 0.220 e. The molecule has 0 spiro atoms. The van der Waals surface area contributed by atoms with Crippen LogP contribution in [0.4, 0.5) is 0 Å². The van der Waals surface area contributed by atoms with Gasteiger partial charge < -0.3 is 15.4 Å².